The first-order chi connectivity index (χ1) is 19.4. The summed E-state index contributed by atoms with van der Waals surface area (Å²) >= 11 is 0. The number of nitro groups is 1. The van der Waals surface area contributed by atoms with E-state index in [1.54, 1.807) is 4.90 Å². The van der Waals surface area contributed by atoms with Crippen molar-refractivity contribution in [1.29, 1.82) is 0 Å². The highest BCUT2D eigenvalue weighted by atomic mass is 16.6. The zero-order chi connectivity index (χ0) is 28.2. The number of anilines is 2. The highest BCUT2D eigenvalue weighted by Crippen LogP contribution is 2.42. The molecular weight excluding hydrogens is 506 g/mol. The number of nitro benzene ring substituents is 1. The summed E-state index contributed by atoms with van der Waals surface area (Å²) in [5, 5.41) is 13.8. The van der Waals surface area contributed by atoms with Crippen LogP contribution in [0.2, 0.25) is 0 Å². The maximum absolute atomic E-state index is 14.2. The molecule has 2 heterocycles. The van der Waals surface area contributed by atoms with Gasteiger partial charge in [-0.05, 0) is 55.3 Å². The summed E-state index contributed by atoms with van der Waals surface area (Å²) in [4.78, 5) is 41.4. The second-order valence-corrected chi connectivity index (χ2v) is 9.88. The minimum absolute atomic E-state index is 0.0632. The molecule has 204 valence electrons. The molecule has 5 rings (SSSR count). The molecule has 1 aliphatic rings. The monoisotopic (exact) mass is 537 g/mol. The summed E-state index contributed by atoms with van der Waals surface area (Å²) in [7, 11) is 0. The van der Waals surface area contributed by atoms with E-state index in [0.717, 1.165) is 41.0 Å². The molecule has 1 aromatic heterocycles. The highest BCUT2D eigenvalue weighted by Gasteiger charge is 2.37. The molecule has 40 heavy (non-hydrogen) atoms. The van der Waals surface area contributed by atoms with Crippen molar-refractivity contribution in [2.24, 2.45) is 0 Å². The number of carbonyl (C=O) groups is 2. The number of amides is 3. The van der Waals surface area contributed by atoms with Crippen LogP contribution < -0.4 is 10.2 Å². The van der Waals surface area contributed by atoms with Crippen LogP contribution in [-0.2, 0) is 4.79 Å². The molecule has 1 aliphatic heterocycles. The van der Waals surface area contributed by atoms with Gasteiger partial charge in [-0.1, -0.05) is 55.3 Å². The molecule has 1 atom stereocenters. The molecule has 9 nitrogen and oxygen atoms in total. The first kappa shape index (κ1) is 26.7. The Morgan fingerprint density at radius 2 is 1.73 bits per heavy atom. The number of nitrogens with zero attached hydrogens (tertiary/aromatic N) is 4. The SMILES string of the molecule is CCCCN(CC(=O)N1c2ccccc2-n2cccc2[C@H]1c1cccc(C)c1)C(=O)Nc1ccc([N+](=O)[O-])cc1. The fraction of sp³-hybridized carbons (Fsp3) is 0.226. The second kappa shape index (κ2) is 11.4. The molecule has 0 unspecified atom stereocenters. The molecule has 0 aliphatic carbocycles. The highest BCUT2D eigenvalue weighted by molar-refractivity contribution is 6.01. The first-order valence-corrected chi connectivity index (χ1v) is 13.3. The maximum atomic E-state index is 14.2. The normalized spacial score (nSPS) is 13.8. The van der Waals surface area contributed by atoms with Gasteiger partial charge in [0.15, 0.2) is 0 Å². The van der Waals surface area contributed by atoms with Crippen LogP contribution in [0.4, 0.5) is 21.9 Å². The standard InChI is InChI=1S/C31H31N5O4/c1-3-4-18-33(31(38)32-24-14-16-25(17-15-24)36(39)40)21-29(37)35-27-12-6-5-11-26(27)34-19-8-13-28(34)30(35)23-10-7-9-22(2)20-23/h5-17,19-20,30H,3-4,18,21H2,1-2H3,(H,32,38)/t30-/m1/s1. The minimum Gasteiger partial charge on any atom is -0.316 e. The van der Waals surface area contributed by atoms with Gasteiger partial charge in [0, 0.05) is 30.6 Å². The second-order valence-electron chi connectivity index (χ2n) is 9.88. The summed E-state index contributed by atoms with van der Waals surface area (Å²) in [5.41, 5.74) is 5.07. The van der Waals surface area contributed by atoms with E-state index in [1.807, 2.05) is 74.6 Å². The molecule has 3 aromatic carbocycles. The van der Waals surface area contributed by atoms with Crippen LogP contribution in [0.5, 0.6) is 0 Å². The van der Waals surface area contributed by atoms with Gasteiger partial charge in [-0.15, -0.1) is 0 Å². The molecule has 0 fully saturated rings. The van der Waals surface area contributed by atoms with Crippen molar-refractivity contribution < 1.29 is 14.5 Å². The topological polar surface area (TPSA) is 101 Å². The van der Waals surface area contributed by atoms with Crippen LogP contribution in [0.15, 0.2) is 91.1 Å². The number of rotatable bonds is 8. The molecule has 1 N–H and O–H groups in total. The summed E-state index contributed by atoms with van der Waals surface area (Å²) in [5.74, 6) is -0.207. The average molecular weight is 538 g/mol. The van der Waals surface area contributed by atoms with Gasteiger partial charge in [-0.25, -0.2) is 4.79 Å². The number of para-hydroxylation sites is 2. The zero-order valence-electron chi connectivity index (χ0n) is 22.5. The van der Waals surface area contributed by atoms with Crippen LogP contribution in [0.3, 0.4) is 0 Å². The van der Waals surface area contributed by atoms with E-state index in [-0.39, 0.29) is 24.2 Å². The Labute approximate surface area is 232 Å². The van der Waals surface area contributed by atoms with Gasteiger partial charge in [-0.3, -0.25) is 19.8 Å². The average Bonchev–Trinajstić information content (AvgIpc) is 3.44. The Balaban J connectivity index is 1.47. The van der Waals surface area contributed by atoms with Gasteiger partial charge in [0.05, 0.1) is 22.0 Å². The number of unbranched alkanes of at least 4 members (excludes halogenated alkanes) is 1. The molecule has 0 bridgehead atoms. The van der Waals surface area contributed by atoms with Crippen molar-refractivity contribution in [2.75, 3.05) is 23.3 Å². The van der Waals surface area contributed by atoms with E-state index in [0.29, 0.717) is 12.2 Å². The van der Waals surface area contributed by atoms with Crippen molar-refractivity contribution in [3.05, 3.63) is 118 Å². The summed E-state index contributed by atoms with van der Waals surface area (Å²) in [6, 6.07) is 24.8. The lowest BCUT2D eigenvalue weighted by atomic mass is 9.96. The predicted molar refractivity (Wildman–Crippen MR) is 155 cm³/mol. The Morgan fingerprint density at radius 1 is 0.975 bits per heavy atom. The van der Waals surface area contributed by atoms with E-state index >= 15 is 0 Å². The Kier molecular flexibility index (Phi) is 7.63. The van der Waals surface area contributed by atoms with Gasteiger partial charge in [0.1, 0.15) is 12.6 Å². The number of benzene rings is 3. The van der Waals surface area contributed by atoms with Crippen molar-refractivity contribution in [3.8, 4) is 5.69 Å². The maximum Gasteiger partial charge on any atom is 0.322 e. The van der Waals surface area contributed by atoms with Crippen molar-refractivity contribution in [3.63, 3.8) is 0 Å². The van der Waals surface area contributed by atoms with Crippen LogP contribution in [-0.4, -0.2) is 39.4 Å². The zero-order valence-corrected chi connectivity index (χ0v) is 22.5. The van der Waals surface area contributed by atoms with Crippen LogP contribution >= 0.6 is 0 Å². The van der Waals surface area contributed by atoms with Crippen LogP contribution in [0, 0.1) is 17.0 Å². The number of aromatic nitrogens is 1. The summed E-state index contributed by atoms with van der Waals surface area (Å²) in [6.07, 6.45) is 3.58. The minimum atomic E-state index is -0.491. The number of urea groups is 1. The van der Waals surface area contributed by atoms with Crippen LogP contribution in [0.25, 0.3) is 5.69 Å². The van der Waals surface area contributed by atoms with E-state index in [9.17, 15) is 19.7 Å². The molecule has 0 radical (unpaired) electrons. The Morgan fingerprint density at radius 3 is 2.42 bits per heavy atom. The van der Waals surface area contributed by atoms with E-state index in [1.165, 1.54) is 29.2 Å². The molecule has 0 spiro atoms. The van der Waals surface area contributed by atoms with Gasteiger partial charge in [0.2, 0.25) is 5.91 Å². The van der Waals surface area contributed by atoms with Gasteiger partial charge in [-0.2, -0.15) is 0 Å². The van der Waals surface area contributed by atoms with Crippen molar-refractivity contribution in [2.45, 2.75) is 32.7 Å². The number of carbonyl (C=O) groups excluding carboxylic acids is 2. The lowest BCUT2D eigenvalue weighted by Gasteiger charge is -2.39. The number of hydrogen-bond donors (Lipinski definition) is 1. The number of nitrogens with one attached hydrogen (secondary N) is 1. The van der Waals surface area contributed by atoms with E-state index < -0.39 is 11.0 Å². The first-order valence-electron chi connectivity index (χ1n) is 13.3. The van der Waals surface area contributed by atoms with Crippen molar-refractivity contribution in [1.82, 2.24) is 9.47 Å². The molecular formula is C31H31N5O4. The molecule has 3 amide bonds. The van der Waals surface area contributed by atoms with Crippen LogP contribution in [0.1, 0.15) is 42.6 Å². The van der Waals surface area contributed by atoms with E-state index in [2.05, 4.69) is 16.0 Å². The molecule has 0 saturated heterocycles. The molecule has 4 aromatic rings. The lowest BCUT2D eigenvalue weighted by Crippen LogP contribution is -2.48. The third-order valence-corrected chi connectivity index (χ3v) is 7.07. The fourth-order valence-electron chi connectivity index (χ4n) is 5.13. The third kappa shape index (κ3) is 5.31. The third-order valence-electron chi connectivity index (χ3n) is 7.07. The van der Waals surface area contributed by atoms with Crippen molar-refractivity contribution >= 4 is 29.0 Å². The Hall–Kier alpha value is -4.92. The van der Waals surface area contributed by atoms with Gasteiger partial charge in [0.25, 0.3) is 5.69 Å². The largest absolute Gasteiger partial charge is 0.322 e. The summed E-state index contributed by atoms with van der Waals surface area (Å²) in [6.45, 7) is 4.32. The Bertz CT molecular complexity index is 1550. The molecule has 0 saturated carbocycles. The summed E-state index contributed by atoms with van der Waals surface area (Å²) < 4.78 is 2.11. The fourth-order valence-corrected chi connectivity index (χ4v) is 5.13. The van der Waals surface area contributed by atoms with Gasteiger partial charge >= 0.3 is 6.03 Å². The molecule has 9 heteroatoms. The predicted octanol–water partition coefficient (Wildman–Crippen LogP) is 6.46. The van der Waals surface area contributed by atoms with Gasteiger partial charge < -0.3 is 14.8 Å². The number of aryl methyl sites for hydroxylation is 1. The van der Waals surface area contributed by atoms with E-state index in [4.69, 9.17) is 0 Å². The number of hydrogen-bond acceptors (Lipinski definition) is 4. The quantitative estimate of drug-likeness (QED) is 0.206. The lowest BCUT2D eigenvalue weighted by molar-refractivity contribution is -0.384. The number of fused-ring (bicyclic) bond motifs is 3. The number of non-ortho nitro benzene ring substituents is 1. The smallest absolute Gasteiger partial charge is 0.316 e.